The van der Waals surface area contributed by atoms with Gasteiger partial charge in [0.15, 0.2) is 11.5 Å². The van der Waals surface area contributed by atoms with Crippen LogP contribution in [-0.4, -0.2) is 21.3 Å². The second-order valence-corrected chi connectivity index (χ2v) is 3.64. The van der Waals surface area contributed by atoms with Crippen LogP contribution in [0.25, 0.3) is 0 Å². The van der Waals surface area contributed by atoms with Crippen LogP contribution in [0.5, 0.6) is 11.5 Å². The van der Waals surface area contributed by atoms with E-state index in [1.165, 1.54) is 0 Å². The molecule has 0 radical (unpaired) electrons. The molecule has 90 valence electrons. The van der Waals surface area contributed by atoms with E-state index in [0.717, 1.165) is 11.1 Å². The van der Waals surface area contributed by atoms with Gasteiger partial charge in [0, 0.05) is 18.7 Å². The first-order chi connectivity index (χ1) is 7.63. The number of hydrogen-bond donors (Lipinski definition) is 1. The molecule has 0 aliphatic carbocycles. The Kier molecular flexibility index (Phi) is 4.58. The molecule has 0 spiro atoms. The van der Waals surface area contributed by atoms with Gasteiger partial charge in [-0.05, 0) is 24.6 Å². The van der Waals surface area contributed by atoms with Crippen LogP contribution >= 0.6 is 0 Å². The molecule has 2 N–H and O–H groups in total. The second-order valence-electron chi connectivity index (χ2n) is 3.64. The van der Waals surface area contributed by atoms with E-state index in [4.69, 9.17) is 19.9 Å². The summed E-state index contributed by atoms with van der Waals surface area (Å²) >= 11 is 0. The van der Waals surface area contributed by atoms with Gasteiger partial charge in [-0.2, -0.15) is 0 Å². The maximum Gasteiger partial charge on any atom is 0.165 e. The average molecular weight is 225 g/mol. The molecule has 0 heterocycles. The minimum atomic E-state index is -0.111. The maximum absolute atomic E-state index is 5.90. The zero-order valence-electron chi connectivity index (χ0n) is 10.2. The fraction of sp³-hybridized carbons (Fsp3) is 0.500. The molecule has 4 nitrogen and oxygen atoms in total. The van der Waals surface area contributed by atoms with Gasteiger partial charge in [-0.25, -0.2) is 0 Å². The molecule has 1 aromatic carbocycles. The highest BCUT2D eigenvalue weighted by Gasteiger charge is 2.14. The Labute approximate surface area is 96.3 Å². The number of methoxy groups -OCH3 is 3. The lowest BCUT2D eigenvalue weighted by Gasteiger charge is -2.17. The summed E-state index contributed by atoms with van der Waals surface area (Å²) in [6, 6.07) is 3.77. The highest BCUT2D eigenvalue weighted by atomic mass is 16.5. The molecule has 1 rings (SSSR count). The van der Waals surface area contributed by atoms with Crippen LogP contribution in [0.1, 0.15) is 24.1 Å². The maximum atomic E-state index is 5.90. The van der Waals surface area contributed by atoms with Crippen LogP contribution in [0.3, 0.4) is 0 Å². The van der Waals surface area contributed by atoms with E-state index in [-0.39, 0.29) is 6.04 Å². The third kappa shape index (κ3) is 2.65. The van der Waals surface area contributed by atoms with E-state index < -0.39 is 0 Å². The molecule has 0 aliphatic heterocycles. The van der Waals surface area contributed by atoms with Gasteiger partial charge in [0.1, 0.15) is 0 Å². The van der Waals surface area contributed by atoms with E-state index >= 15 is 0 Å². The summed E-state index contributed by atoms with van der Waals surface area (Å²) in [6.07, 6.45) is 0. The Morgan fingerprint density at radius 3 is 2.31 bits per heavy atom. The van der Waals surface area contributed by atoms with Crippen molar-refractivity contribution in [3.8, 4) is 11.5 Å². The van der Waals surface area contributed by atoms with Crippen molar-refractivity contribution in [2.24, 2.45) is 5.73 Å². The van der Waals surface area contributed by atoms with Gasteiger partial charge in [0.2, 0.25) is 0 Å². The van der Waals surface area contributed by atoms with Gasteiger partial charge < -0.3 is 19.9 Å². The van der Waals surface area contributed by atoms with E-state index in [1.807, 2.05) is 19.1 Å². The fourth-order valence-electron chi connectivity index (χ4n) is 1.64. The zero-order valence-corrected chi connectivity index (χ0v) is 10.2. The number of rotatable bonds is 5. The van der Waals surface area contributed by atoms with Gasteiger partial charge in [-0.3, -0.25) is 0 Å². The summed E-state index contributed by atoms with van der Waals surface area (Å²) in [5, 5.41) is 0. The third-order valence-electron chi connectivity index (χ3n) is 2.37. The second kappa shape index (κ2) is 5.72. The Bertz CT molecular complexity index is 350. The Morgan fingerprint density at radius 1 is 1.19 bits per heavy atom. The zero-order chi connectivity index (χ0) is 12.1. The number of benzene rings is 1. The molecule has 1 aromatic rings. The van der Waals surface area contributed by atoms with E-state index in [9.17, 15) is 0 Å². The van der Waals surface area contributed by atoms with E-state index in [1.54, 1.807) is 21.3 Å². The van der Waals surface area contributed by atoms with Crippen LogP contribution in [0.15, 0.2) is 12.1 Å². The Hall–Kier alpha value is -1.26. The Balaban J connectivity index is 3.25. The monoisotopic (exact) mass is 225 g/mol. The lowest BCUT2D eigenvalue weighted by Crippen LogP contribution is -2.09. The standard InChI is InChI=1S/C12H19NO3/c1-8(13)10-5-9(7-14-2)6-11(15-3)12(10)16-4/h5-6,8H,7,13H2,1-4H3. The average Bonchev–Trinajstić information content (AvgIpc) is 2.28. The highest BCUT2D eigenvalue weighted by Crippen LogP contribution is 2.35. The van der Waals surface area contributed by atoms with Gasteiger partial charge in [-0.1, -0.05) is 0 Å². The van der Waals surface area contributed by atoms with Crippen LogP contribution in [-0.2, 0) is 11.3 Å². The molecule has 0 saturated heterocycles. The summed E-state index contributed by atoms with van der Waals surface area (Å²) in [7, 11) is 4.88. The van der Waals surface area contributed by atoms with Gasteiger partial charge in [0.05, 0.1) is 20.8 Å². The minimum Gasteiger partial charge on any atom is -0.493 e. The normalized spacial score (nSPS) is 12.3. The van der Waals surface area contributed by atoms with Gasteiger partial charge >= 0.3 is 0 Å². The minimum absolute atomic E-state index is 0.111. The smallest absolute Gasteiger partial charge is 0.165 e. The quantitative estimate of drug-likeness (QED) is 0.831. The predicted molar refractivity (Wildman–Crippen MR) is 62.9 cm³/mol. The number of nitrogens with two attached hydrogens (primary N) is 1. The lowest BCUT2D eigenvalue weighted by atomic mass is 10.0. The highest BCUT2D eigenvalue weighted by molar-refractivity contribution is 5.50. The summed E-state index contributed by atoms with van der Waals surface area (Å²) in [6.45, 7) is 2.44. The summed E-state index contributed by atoms with van der Waals surface area (Å²) in [5.74, 6) is 1.38. The molecule has 0 saturated carbocycles. The molecule has 0 bridgehead atoms. The molecule has 1 atom stereocenters. The largest absolute Gasteiger partial charge is 0.493 e. The Morgan fingerprint density at radius 2 is 1.88 bits per heavy atom. The molecule has 4 heteroatoms. The summed E-state index contributed by atoms with van der Waals surface area (Å²) in [5.41, 5.74) is 7.85. The molecular formula is C12H19NO3. The fourth-order valence-corrected chi connectivity index (χ4v) is 1.64. The van der Waals surface area contributed by atoms with Crippen molar-refractivity contribution in [2.45, 2.75) is 19.6 Å². The van der Waals surface area contributed by atoms with Crippen LogP contribution in [0.4, 0.5) is 0 Å². The molecular weight excluding hydrogens is 206 g/mol. The van der Waals surface area contributed by atoms with Crippen molar-refractivity contribution in [1.29, 1.82) is 0 Å². The first kappa shape index (κ1) is 12.8. The first-order valence-electron chi connectivity index (χ1n) is 5.13. The topological polar surface area (TPSA) is 53.7 Å². The van der Waals surface area contributed by atoms with Gasteiger partial charge in [-0.15, -0.1) is 0 Å². The SMILES string of the molecule is COCc1cc(OC)c(OC)c(C(C)N)c1. The lowest BCUT2D eigenvalue weighted by molar-refractivity contribution is 0.184. The summed E-state index contributed by atoms with van der Waals surface area (Å²) < 4.78 is 15.7. The molecule has 1 unspecified atom stereocenters. The number of ether oxygens (including phenoxy) is 3. The molecule has 0 fully saturated rings. The summed E-state index contributed by atoms with van der Waals surface area (Å²) in [4.78, 5) is 0. The van der Waals surface area contributed by atoms with Crippen molar-refractivity contribution >= 4 is 0 Å². The number of hydrogen-bond acceptors (Lipinski definition) is 4. The van der Waals surface area contributed by atoms with E-state index in [2.05, 4.69) is 0 Å². The van der Waals surface area contributed by atoms with Crippen molar-refractivity contribution in [1.82, 2.24) is 0 Å². The third-order valence-corrected chi connectivity index (χ3v) is 2.37. The molecule has 0 aromatic heterocycles. The predicted octanol–water partition coefficient (Wildman–Crippen LogP) is 1.87. The van der Waals surface area contributed by atoms with Crippen LogP contribution in [0, 0.1) is 0 Å². The van der Waals surface area contributed by atoms with Crippen molar-refractivity contribution < 1.29 is 14.2 Å². The van der Waals surface area contributed by atoms with Crippen LogP contribution < -0.4 is 15.2 Å². The molecule has 0 amide bonds. The van der Waals surface area contributed by atoms with Crippen LogP contribution in [0.2, 0.25) is 0 Å². The van der Waals surface area contributed by atoms with E-state index in [0.29, 0.717) is 18.1 Å². The van der Waals surface area contributed by atoms with Crippen molar-refractivity contribution in [3.63, 3.8) is 0 Å². The molecule has 16 heavy (non-hydrogen) atoms. The first-order valence-corrected chi connectivity index (χ1v) is 5.13. The van der Waals surface area contributed by atoms with Gasteiger partial charge in [0.25, 0.3) is 0 Å². The van der Waals surface area contributed by atoms with Crippen molar-refractivity contribution in [3.05, 3.63) is 23.3 Å². The van der Waals surface area contributed by atoms with Crippen molar-refractivity contribution in [2.75, 3.05) is 21.3 Å². The molecule has 0 aliphatic rings.